The fraction of sp³-hybridized carbons (Fsp3) is 0.500. The number of hydrogen-bond acceptors (Lipinski definition) is 3. The number of hydrogen-bond donors (Lipinski definition) is 1. The highest BCUT2D eigenvalue weighted by Gasteiger charge is 2.11. The van der Waals surface area contributed by atoms with Gasteiger partial charge < -0.3 is 5.32 Å². The maximum absolute atomic E-state index is 4.22. The van der Waals surface area contributed by atoms with E-state index in [1.165, 1.54) is 4.88 Å². The van der Waals surface area contributed by atoms with E-state index in [0.717, 1.165) is 5.69 Å². The quantitative estimate of drug-likeness (QED) is 0.749. The molecular formula is C10H16N2S. The van der Waals surface area contributed by atoms with Crippen molar-refractivity contribution in [2.75, 3.05) is 0 Å². The van der Waals surface area contributed by atoms with Crippen LogP contribution >= 0.6 is 11.3 Å². The lowest BCUT2D eigenvalue weighted by Crippen LogP contribution is -2.26. The van der Waals surface area contributed by atoms with Crippen molar-refractivity contribution in [2.24, 2.45) is 0 Å². The number of rotatable bonds is 4. The van der Waals surface area contributed by atoms with E-state index in [0.29, 0.717) is 12.1 Å². The molecule has 0 spiro atoms. The maximum Gasteiger partial charge on any atom is 0.0798 e. The molecule has 0 radical (unpaired) electrons. The first-order valence-corrected chi connectivity index (χ1v) is 5.31. The molecule has 0 aliphatic rings. The summed E-state index contributed by atoms with van der Waals surface area (Å²) >= 11 is 1.70. The Morgan fingerprint density at radius 1 is 1.62 bits per heavy atom. The molecule has 1 aromatic heterocycles. The van der Waals surface area contributed by atoms with Gasteiger partial charge in [-0.15, -0.1) is 17.9 Å². The first-order chi connectivity index (χ1) is 6.15. The number of nitrogens with zero attached hydrogens (tertiary/aromatic N) is 1. The van der Waals surface area contributed by atoms with Crippen LogP contribution in [0.1, 0.15) is 30.5 Å². The molecule has 0 amide bonds. The zero-order valence-corrected chi connectivity index (χ0v) is 9.19. The fourth-order valence-electron chi connectivity index (χ4n) is 1.26. The summed E-state index contributed by atoms with van der Waals surface area (Å²) < 4.78 is 0. The van der Waals surface area contributed by atoms with E-state index in [-0.39, 0.29) is 0 Å². The minimum atomic E-state index is 0.344. The van der Waals surface area contributed by atoms with Crippen molar-refractivity contribution < 1.29 is 0 Å². The lowest BCUT2D eigenvalue weighted by molar-refractivity contribution is 0.541. The first-order valence-electron chi connectivity index (χ1n) is 4.43. The van der Waals surface area contributed by atoms with E-state index in [9.17, 15) is 0 Å². The Hall–Kier alpha value is -0.670. The van der Waals surface area contributed by atoms with Crippen LogP contribution in [0.2, 0.25) is 0 Å². The molecule has 0 aliphatic carbocycles. The van der Waals surface area contributed by atoms with Gasteiger partial charge in [0, 0.05) is 17.0 Å². The van der Waals surface area contributed by atoms with Gasteiger partial charge in [-0.05, 0) is 20.8 Å². The van der Waals surface area contributed by atoms with Crippen LogP contribution in [-0.4, -0.2) is 11.0 Å². The highest BCUT2D eigenvalue weighted by Crippen LogP contribution is 2.21. The van der Waals surface area contributed by atoms with E-state index in [1.54, 1.807) is 11.3 Å². The van der Waals surface area contributed by atoms with Crippen molar-refractivity contribution in [3.05, 3.63) is 28.7 Å². The number of aromatic nitrogens is 1. The Morgan fingerprint density at radius 2 is 2.31 bits per heavy atom. The number of thiazole rings is 1. The average Bonchev–Trinajstić information content (AvgIpc) is 2.51. The highest BCUT2D eigenvalue weighted by atomic mass is 32.1. The number of aryl methyl sites for hydroxylation is 1. The molecular weight excluding hydrogens is 180 g/mol. The lowest BCUT2D eigenvalue weighted by atomic mass is 10.2. The molecule has 1 aromatic rings. The summed E-state index contributed by atoms with van der Waals surface area (Å²) in [6.07, 6.45) is 1.91. The standard InChI is InChI=1S/C10H16N2S/c1-5-7(2)12-9(4)10-8(3)11-6-13-10/h5-7,9,12H,1H2,2-4H3. The van der Waals surface area contributed by atoms with Crippen LogP contribution in [0.25, 0.3) is 0 Å². The van der Waals surface area contributed by atoms with E-state index in [4.69, 9.17) is 0 Å². The smallest absolute Gasteiger partial charge is 0.0798 e. The number of nitrogens with one attached hydrogen (secondary N) is 1. The normalized spacial score (nSPS) is 15.3. The Labute approximate surface area is 83.7 Å². The third kappa shape index (κ3) is 2.64. The molecule has 72 valence electrons. The Kier molecular flexibility index (Phi) is 3.63. The SMILES string of the molecule is C=CC(C)NC(C)c1scnc1C. The van der Waals surface area contributed by atoms with Gasteiger partial charge >= 0.3 is 0 Å². The third-order valence-corrected chi connectivity index (χ3v) is 3.16. The van der Waals surface area contributed by atoms with Gasteiger partial charge in [-0.2, -0.15) is 0 Å². The fourth-order valence-corrected chi connectivity index (χ4v) is 2.08. The summed E-state index contributed by atoms with van der Waals surface area (Å²) in [6, 6.07) is 0.706. The molecule has 0 aromatic carbocycles. The van der Waals surface area contributed by atoms with Gasteiger partial charge in [0.25, 0.3) is 0 Å². The lowest BCUT2D eigenvalue weighted by Gasteiger charge is -2.16. The molecule has 3 heteroatoms. The highest BCUT2D eigenvalue weighted by molar-refractivity contribution is 7.09. The van der Waals surface area contributed by atoms with Gasteiger partial charge in [-0.25, -0.2) is 4.98 Å². The van der Waals surface area contributed by atoms with E-state index < -0.39 is 0 Å². The predicted octanol–water partition coefficient (Wildman–Crippen LogP) is 2.68. The molecule has 1 heterocycles. The summed E-state index contributed by atoms with van der Waals surface area (Å²) in [6.45, 7) is 10.0. The Morgan fingerprint density at radius 3 is 2.77 bits per heavy atom. The zero-order chi connectivity index (χ0) is 9.84. The van der Waals surface area contributed by atoms with Crippen LogP contribution in [0.5, 0.6) is 0 Å². The van der Waals surface area contributed by atoms with Crippen molar-refractivity contribution in [3.8, 4) is 0 Å². The van der Waals surface area contributed by atoms with Gasteiger partial charge in [0.1, 0.15) is 0 Å². The van der Waals surface area contributed by atoms with E-state index in [2.05, 4.69) is 30.7 Å². The van der Waals surface area contributed by atoms with Gasteiger partial charge in [-0.1, -0.05) is 6.08 Å². The molecule has 1 N–H and O–H groups in total. The average molecular weight is 196 g/mol. The summed E-state index contributed by atoms with van der Waals surface area (Å²) in [5, 5.41) is 3.43. The van der Waals surface area contributed by atoms with Crippen LogP contribution < -0.4 is 5.32 Å². The van der Waals surface area contributed by atoms with E-state index in [1.807, 2.05) is 18.5 Å². The van der Waals surface area contributed by atoms with Gasteiger partial charge in [0.15, 0.2) is 0 Å². The molecule has 1 rings (SSSR count). The van der Waals surface area contributed by atoms with Crippen LogP contribution in [0.4, 0.5) is 0 Å². The summed E-state index contributed by atoms with van der Waals surface area (Å²) in [5.74, 6) is 0. The zero-order valence-electron chi connectivity index (χ0n) is 8.37. The molecule has 0 aliphatic heterocycles. The summed E-state index contributed by atoms with van der Waals surface area (Å²) in [7, 11) is 0. The van der Waals surface area contributed by atoms with Crippen LogP contribution in [0, 0.1) is 6.92 Å². The Bertz CT molecular complexity index is 280. The van der Waals surface area contributed by atoms with Crippen molar-refractivity contribution in [1.29, 1.82) is 0 Å². The van der Waals surface area contributed by atoms with Crippen LogP contribution in [0.15, 0.2) is 18.2 Å². The second kappa shape index (κ2) is 4.53. The molecule has 0 saturated carbocycles. The molecule has 2 unspecified atom stereocenters. The summed E-state index contributed by atoms with van der Waals surface area (Å²) in [5.41, 5.74) is 3.02. The van der Waals surface area contributed by atoms with Crippen molar-refractivity contribution in [3.63, 3.8) is 0 Å². The second-order valence-corrected chi connectivity index (χ2v) is 4.10. The molecule has 13 heavy (non-hydrogen) atoms. The largest absolute Gasteiger partial charge is 0.303 e. The van der Waals surface area contributed by atoms with Gasteiger partial charge in [0.05, 0.1) is 11.2 Å². The third-order valence-electron chi connectivity index (χ3n) is 2.04. The predicted molar refractivity (Wildman–Crippen MR) is 58.1 cm³/mol. The molecule has 0 saturated heterocycles. The second-order valence-electron chi connectivity index (χ2n) is 3.21. The van der Waals surface area contributed by atoms with Crippen LogP contribution in [0.3, 0.4) is 0 Å². The maximum atomic E-state index is 4.22. The summed E-state index contributed by atoms with van der Waals surface area (Å²) in [4.78, 5) is 5.54. The Balaban J connectivity index is 2.63. The van der Waals surface area contributed by atoms with Crippen molar-refractivity contribution in [1.82, 2.24) is 10.3 Å². The van der Waals surface area contributed by atoms with Gasteiger partial charge in [0.2, 0.25) is 0 Å². The molecule has 2 atom stereocenters. The minimum absolute atomic E-state index is 0.344. The molecule has 2 nitrogen and oxygen atoms in total. The van der Waals surface area contributed by atoms with Gasteiger partial charge in [-0.3, -0.25) is 0 Å². The topological polar surface area (TPSA) is 24.9 Å². The van der Waals surface area contributed by atoms with Crippen LogP contribution in [-0.2, 0) is 0 Å². The monoisotopic (exact) mass is 196 g/mol. The van der Waals surface area contributed by atoms with E-state index >= 15 is 0 Å². The first kappa shape index (κ1) is 10.4. The minimum Gasteiger partial charge on any atom is -0.303 e. The van der Waals surface area contributed by atoms with Crippen molar-refractivity contribution >= 4 is 11.3 Å². The molecule has 0 fully saturated rings. The van der Waals surface area contributed by atoms with Crippen molar-refractivity contribution in [2.45, 2.75) is 32.9 Å². The molecule has 0 bridgehead atoms.